The third-order valence-electron chi connectivity index (χ3n) is 7.89. The average Bonchev–Trinajstić information content (AvgIpc) is 3.58. The minimum Gasteiger partial charge on any atom is -0.444 e. The first-order chi connectivity index (χ1) is 21.0. The van der Waals surface area contributed by atoms with Crippen LogP contribution in [0.3, 0.4) is 0 Å². The van der Waals surface area contributed by atoms with Crippen molar-refractivity contribution >= 4 is 35.3 Å². The first-order valence-corrected chi connectivity index (χ1v) is 16.2. The number of thiazole rings is 1. The van der Waals surface area contributed by atoms with E-state index in [-0.39, 0.29) is 38.5 Å². The molecule has 1 aromatic heterocycles. The monoisotopic (exact) mass is 642 g/mol. The Kier molecular flexibility index (Phi) is 10.4. The van der Waals surface area contributed by atoms with E-state index in [1.54, 1.807) is 41.9 Å². The van der Waals surface area contributed by atoms with E-state index in [2.05, 4.69) is 15.6 Å². The van der Waals surface area contributed by atoms with Crippen LogP contribution in [-0.2, 0) is 20.9 Å². The number of aliphatic hydroxyl groups excluding tert-OH is 1. The van der Waals surface area contributed by atoms with Gasteiger partial charge in [-0.25, -0.2) is 14.6 Å². The number of urea groups is 1. The van der Waals surface area contributed by atoms with E-state index in [1.165, 1.54) is 4.90 Å². The lowest BCUT2D eigenvalue weighted by Crippen LogP contribution is -2.61. The molecular weight excluding hydrogens is 596 g/mol. The number of hydrogen-bond acceptors (Lipinski definition) is 8. The van der Waals surface area contributed by atoms with Crippen molar-refractivity contribution in [3.63, 3.8) is 0 Å². The van der Waals surface area contributed by atoms with Crippen molar-refractivity contribution in [1.29, 1.82) is 0 Å². The van der Waals surface area contributed by atoms with E-state index in [0.29, 0.717) is 13.1 Å². The number of nitrogens with zero attached hydrogens (tertiary/aromatic N) is 4. The van der Waals surface area contributed by atoms with E-state index >= 15 is 0 Å². The van der Waals surface area contributed by atoms with Crippen LogP contribution >= 0.6 is 11.3 Å². The van der Waals surface area contributed by atoms with Gasteiger partial charge in [0.1, 0.15) is 17.7 Å². The first kappa shape index (κ1) is 34.2. The van der Waals surface area contributed by atoms with Gasteiger partial charge in [0.05, 0.1) is 22.2 Å². The van der Waals surface area contributed by atoms with Crippen molar-refractivity contribution in [3.05, 3.63) is 41.0 Å². The van der Waals surface area contributed by atoms with Gasteiger partial charge in [-0.1, -0.05) is 45.0 Å². The zero-order valence-corrected chi connectivity index (χ0v) is 28.1. The van der Waals surface area contributed by atoms with Gasteiger partial charge in [0, 0.05) is 45.7 Å². The van der Waals surface area contributed by atoms with Crippen molar-refractivity contribution in [2.24, 2.45) is 5.41 Å². The molecule has 3 N–H and O–H groups in total. The molecule has 3 atom stereocenters. The molecule has 0 spiro atoms. The van der Waals surface area contributed by atoms with Gasteiger partial charge in [-0.05, 0) is 44.2 Å². The standard InChI is InChI=1S/C32H46N6O6S/c1-20-25(45-19-34-20)22-10-8-21(9-11-22)17-33-27(40)24-16-23(39)18-38(24)28(41)26(31(2,3)4)35-29(42)36-12-14-37(15-13-36)30(43)44-32(5,6)7/h8-11,19,23-24,26,39H,12-18H2,1-7H3,(H,33,40)(H,35,42)/t23-,24+,26-/m0/s1. The van der Waals surface area contributed by atoms with Gasteiger partial charge >= 0.3 is 12.1 Å². The number of likely N-dealkylation sites (tertiary alicyclic amines) is 1. The molecule has 3 heterocycles. The molecule has 0 bridgehead atoms. The number of nitrogens with one attached hydrogen (secondary N) is 2. The maximum atomic E-state index is 13.9. The highest BCUT2D eigenvalue weighted by molar-refractivity contribution is 7.13. The van der Waals surface area contributed by atoms with E-state index in [1.807, 2.05) is 57.5 Å². The molecule has 2 aliphatic rings. The van der Waals surface area contributed by atoms with Gasteiger partial charge < -0.3 is 35.2 Å². The predicted octanol–water partition coefficient (Wildman–Crippen LogP) is 3.37. The first-order valence-electron chi connectivity index (χ1n) is 15.3. The third-order valence-corrected chi connectivity index (χ3v) is 8.87. The van der Waals surface area contributed by atoms with Crippen LogP contribution in [-0.4, -0.2) is 105 Å². The summed E-state index contributed by atoms with van der Waals surface area (Å²) in [5.74, 6) is -0.788. The minimum atomic E-state index is -0.947. The van der Waals surface area contributed by atoms with Gasteiger partial charge in [0.15, 0.2) is 0 Å². The molecule has 2 aromatic rings. The van der Waals surface area contributed by atoms with Crippen molar-refractivity contribution in [1.82, 2.24) is 30.3 Å². The molecule has 5 amide bonds. The lowest BCUT2D eigenvalue weighted by atomic mass is 9.85. The average molecular weight is 643 g/mol. The number of piperazine rings is 1. The Hall–Kier alpha value is -3.71. The molecule has 12 nitrogen and oxygen atoms in total. The molecule has 2 saturated heterocycles. The lowest BCUT2D eigenvalue weighted by molar-refractivity contribution is -0.142. The Balaban J connectivity index is 1.36. The van der Waals surface area contributed by atoms with Gasteiger partial charge in [-0.2, -0.15) is 0 Å². The van der Waals surface area contributed by atoms with E-state index in [9.17, 15) is 24.3 Å². The van der Waals surface area contributed by atoms with Crippen LogP contribution in [0.1, 0.15) is 59.2 Å². The van der Waals surface area contributed by atoms with Gasteiger partial charge in [-0.3, -0.25) is 9.59 Å². The number of carbonyl (C=O) groups is 4. The molecule has 0 radical (unpaired) electrons. The number of aliphatic hydroxyl groups is 1. The van der Waals surface area contributed by atoms with Crippen LogP contribution in [0.4, 0.5) is 9.59 Å². The molecule has 13 heteroatoms. The number of ether oxygens (including phenoxy) is 1. The summed E-state index contributed by atoms with van der Waals surface area (Å²) in [6.07, 6.45) is -1.17. The number of aromatic nitrogens is 1. The summed E-state index contributed by atoms with van der Waals surface area (Å²) in [7, 11) is 0. The van der Waals surface area contributed by atoms with E-state index in [0.717, 1.165) is 21.7 Å². The molecule has 0 unspecified atom stereocenters. The Morgan fingerprint density at radius 2 is 1.64 bits per heavy atom. The number of benzene rings is 1. The SMILES string of the molecule is Cc1ncsc1-c1ccc(CNC(=O)[C@H]2C[C@H](O)CN2C(=O)[C@H](NC(=O)N2CCN(C(=O)OC(C)(C)C)CC2)C(C)(C)C)cc1. The van der Waals surface area contributed by atoms with Crippen LogP contribution < -0.4 is 10.6 Å². The second-order valence-electron chi connectivity index (χ2n) is 13.8. The molecule has 2 fully saturated rings. The zero-order chi connectivity index (χ0) is 33.1. The largest absolute Gasteiger partial charge is 0.444 e. The number of aryl methyl sites for hydroxylation is 1. The Morgan fingerprint density at radius 3 is 2.20 bits per heavy atom. The quantitative estimate of drug-likeness (QED) is 0.438. The van der Waals surface area contributed by atoms with Crippen molar-refractivity contribution in [3.8, 4) is 10.4 Å². The smallest absolute Gasteiger partial charge is 0.410 e. The second-order valence-corrected chi connectivity index (χ2v) is 14.6. The predicted molar refractivity (Wildman–Crippen MR) is 171 cm³/mol. The van der Waals surface area contributed by atoms with Crippen LogP contribution in [0.5, 0.6) is 0 Å². The lowest BCUT2D eigenvalue weighted by Gasteiger charge is -2.39. The Bertz CT molecular complexity index is 1370. The van der Waals surface area contributed by atoms with Gasteiger partial charge in [-0.15, -0.1) is 11.3 Å². The molecule has 45 heavy (non-hydrogen) atoms. The molecule has 4 rings (SSSR count). The number of rotatable bonds is 6. The maximum Gasteiger partial charge on any atom is 0.410 e. The number of amides is 5. The normalized spacial score (nSPS) is 19.7. The third kappa shape index (κ3) is 8.72. The fourth-order valence-corrected chi connectivity index (χ4v) is 6.23. The maximum absolute atomic E-state index is 13.9. The summed E-state index contributed by atoms with van der Waals surface area (Å²) >= 11 is 1.57. The second kappa shape index (κ2) is 13.7. The summed E-state index contributed by atoms with van der Waals surface area (Å²) in [5.41, 5.74) is 3.44. The Labute approximate surface area is 269 Å². The number of carbonyl (C=O) groups excluding carboxylic acids is 4. The highest BCUT2D eigenvalue weighted by Gasteiger charge is 2.45. The molecule has 1 aromatic carbocycles. The minimum absolute atomic E-state index is 0.00314. The van der Waals surface area contributed by atoms with Gasteiger partial charge in [0.25, 0.3) is 0 Å². The highest BCUT2D eigenvalue weighted by Crippen LogP contribution is 2.28. The zero-order valence-electron chi connectivity index (χ0n) is 27.3. The highest BCUT2D eigenvalue weighted by atomic mass is 32.1. The fraction of sp³-hybridized carbons (Fsp3) is 0.594. The van der Waals surface area contributed by atoms with E-state index < -0.39 is 47.2 Å². The summed E-state index contributed by atoms with van der Waals surface area (Å²) in [4.78, 5) is 62.9. The number of β-amino-alcohol motifs (C(OH)–C–C–N with tert-alkyl or cyclic N) is 1. The molecule has 2 aliphatic heterocycles. The van der Waals surface area contributed by atoms with E-state index in [4.69, 9.17) is 4.74 Å². The Morgan fingerprint density at radius 1 is 1.02 bits per heavy atom. The van der Waals surface area contributed by atoms with Crippen molar-refractivity contribution in [2.75, 3.05) is 32.7 Å². The van der Waals surface area contributed by atoms with Crippen LogP contribution in [0, 0.1) is 12.3 Å². The van der Waals surface area contributed by atoms with Crippen LogP contribution in [0.2, 0.25) is 0 Å². The summed E-state index contributed by atoms with van der Waals surface area (Å²) < 4.78 is 5.44. The fourth-order valence-electron chi connectivity index (χ4n) is 5.41. The molecule has 0 aliphatic carbocycles. The molecule has 246 valence electrons. The van der Waals surface area contributed by atoms with Crippen molar-refractivity contribution < 1.29 is 29.0 Å². The number of hydrogen-bond donors (Lipinski definition) is 3. The summed E-state index contributed by atoms with van der Waals surface area (Å²) in [5, 5.41) is 16.3. The van der Waals surface area contributed by atoms with Crippen LogP contribution in [0.25, 0.3) is 10.4 Å². The van der Waals surface area contributed by atoms with Crippen molar-refractivity contribution in [2.45, 2.75) is 85.2 Å². The molecule has 0 saturated carbocycles. The van der Waals surface area contributed by atoms with Crippen LogP contribution in [0.15, 0.2) is 29.8 Å². The topological polar surface area (TPSA) is 144 Å². The van der Waals surface area contributed by atoms with Gasteiger partial charge in [0.2, 0.25) is 11.8 Å². The summed E-state index contributed by atoms with van der Waals surface area (Å²) in [6, 6.07) is 5.63. The molecular formula is C32H46N6O6S. The summed E-state index contributed by atoms with van der Waals surface area (Å²) in [6.45, 7) is 14.4.